The summed E-state index contributed by atoms with van der Waals surface area (Å²) in [6.07, 6.45) is -5.01. The molecule has 0 aromatic heterocycles. The number of benzene rings is 2. The lowest BCUT2D eigenvalue weighted by Gasteiger charge is -2.16. The average molecular weight is 402 g/mol. The van der Waals surface area contributed by atoms with Crippen molar-refractivity contribution in [2.75, 3.05) is 0 Å². The third-order valence-electron chi connectivity index (χ3n) is 4.97. The van der Waals surface area contributed by atoms with Crippen LogP contribution in [0.3, 0.4) is 0 Å². The van der Waals surface area contributed by atoms with E-state index in [9.17, 15) is 22.8 Å². The average Bonchev–Trinajstić information content (AvgIpc) is 3.22. The van der Waals surface area contributed by atoms with Crippen molar-refractivity contribution in [3.05, 3.63) is 58.7 Å². The van der Waals surface area contributed by atoms with Crippen LogP contribution < -0.4 is 10.1 Å². The van der Waals surface area contributed by atoms with Crippen molar-refractivity contribution in [1.82, 2.24) is 5.32 Å². The monoisotopic (exact) mass is 402 g/mol. The van der Waals surface area contributed by atoms with Crippen molar-refractivity contribution in [1.29, 1.82) is 5.26 Å². The van der Waals surface area contributed by atoms with E-state index in [1.807, 2.05) is 0 Å². The minimum Gasteiger partial charge on any atom is -0.457 e. The molecule has 148 valence electrons. The van der Waals surface area contributed by atoms with Crippen LogP contribution >= 0.6 is 0 Å². The molecule has 29 heavy (non-hydrogen) atoms. The summed E-state index contributed by atoms with van der Waals surface area (Å²) in [5.74, 6) is -0.238. The summed E-state index contributed by atoms with van der Waals surface area (Å²) in [5.41, 5.74) is 0.215. The second-order valence-corrected chi connectivity index (χ2v) is 6.74. The van der Waals surface area contributed by atoms with Gasteiger partial charge in [0.1, 0.15) is 11.5 Å². The number of hydrogen-bond donors (Lipinski definition) is 1. The Bertz CT molecular complexity index is 1060. The SMILES string of the molecule is N#Cc1cc(Oc2ccc3c(c2)CC[C@H]3C2OC(=O)NC2=O)ccc1C(F)(F)F. The van der Waals surface area contributed by atoms with Crippen LogP contribution in [-0.2, 0) is 22.1 Å². The van der Waals surface area contributed by atoms with Crippen LogP contribution in [0.2, 0.25) is 0 Å². The standard InChI is InChI=1S/C20H13F3N2O4/c21-20(22,23)16-6-3-13(8-11(16)9-24)28-12-2-5-14-10(7-12)1-4-15(14)17-18(26)25-19(27)29-17/h2-3,5-8,15,17H,1,4H2,(H,25,26,27)/t15-,17?/m1/s1. The van der Waals surface area contributed by atoms with Gasteiger partial charge in [0.15, 0.2) is 6.10 Å². The number of nitriles is 1. The number of cyclic esters (lactones) is 1. The first kappa shape index (κ1) is 18.8. The van der Waals surface area contributed by atoms with Crippen LogP contribution in [0.1, 0.15) is 34.6 Å². The molecular weight excluding hydrogens is 389 g/mol. The summed E-state index contributed by atoms with van der Waals surface area (Å²) < 4.78 is 49.4. The highest BCUT2D eigenvalue weighted by Gasteiger charge is 2.42. The number of carbonyl (C=O) groups excluding carboxylic acids is 2. The van der Waals surface area contributed by atoms with E-state index in [0.29, 0.717) is 18.6 Å². The van der Waals surface area contributed by atoms with Gasteiger partial charge in [-0.3, -0.25) is 10.1 Å². The third kappa shape index (κ3) is 3.49. The molecule has 2 aromatic rings. The molecule has 1 N–H and O–H groups in total. The van der Waals surface area contributed by atoms with Gasteiger partial charge in [0.25, 0.3) is 5.91 Å². The van der Waals surface area contributed by atoms with Gasteiger partial charge in [-0.25, -0.2) is 4.79 Å². The van der Waals surface area contributed by atoms with Crippen LogP contribution in [-0.4, -0.2) is 18.1 Å². The number of alkyl halides is 3. The Morgan fingerprint density at radius 1 is 1.14 bits per heavy atom. The first-order valence-corrected chi connectivity index (χ1v) is 8.70. The molecule has 9 heteroatoms. The lowest BCUT2D eigenvalue weighted by atomic mass is 9.95. The predicted molar refractivity (Wildman–Crippen MR) is 92.1 cm³/mol. The number of fused-ring (bicyclic) bond motifs is 1. The van der Waals surface area contributed by atoms with E-state index >= 15 is 0 Å². The van der Waals surface area contributed by atoms with Crippen molar-refractivity contribution in [2.45, 2.75) is 31.0 Å². The molecule has 6 nitrogen and oxygen atoms in total. The predicted octanol–water partition coefficient (Wildman–Crippen LogP) is 4.03. The zero-order valence-electron chi connectivity index (χ0n) is 14.7. The summed E-state index contributed by atoms with van der Waals surface area (Å²) in [6, 6.07) is 9.64. The number of aryl methyl sites for hydroxylation is 1. The van der Waals surface area contributed by atoms with Crippen molar-refractivity contribution in [3.63, 3.8) is 0 Å². The molecule has 0 saturated carbocycles. The normalized spacial score (nSPS) is 20.6. The van der Waals surface area contributed by atoms with Gasteiger partial charge in [-0.15, -0.1) is 0 Å². The van der Waals surface area contributed by atoms with Crippen LogP contribution in [0.15, 0.2) is 36.4 Å². The van der Waals surface area contributed by atoms with Crippen molar-refractivity contribution in [2.24, 2.45) is 0 Å². The molecule has 0 spiro atoms. The number of rotatable bonds is 3. The van der Waals surface area contributed by atoms with Gasteiger partial charge in [0, 0.05) is 5.92 Å². The summed E-state index contributed by atoms with van der Waals surface area (Å²) in [5, 5.41) is 11.1. The fourth-order valence-electron chi connectivity index (χ4n) is 3.70. The highest BCUT2D eigenvalue weighted by molar-refractivity contribution is 6.00. The second kappa shape index (κ2) is 6.81. The Labute approximate surface area is 162 Å². The number of alkyl carbamates (subject to hydrolysis) is 1. The number of imide groups is 1. The van der Waals surface area contributed by atoms with Crippen molar-refractivity contribution >= 4 is 12.0 Å². The Kier molecular flexibility index (Phi) is 4.42. The topological polar surface area (TPSA) is 88.4 Å². The number of ether oxygens (including phenoxy) is 2. The van der Waals surface area contributed by atoms with Gasteiger partial charge in [-0.2, -0.15) is 18.4 Å². The minimum atomic E-state index is -4.62. The maximum atomic E-state index is 12.9. The lowest BCUT2D eigenvalue weighted by molar-refractivity contribution is -0.137. The number of nitrogens with one attached hydrogen (secondary N) is 1. The molecule has 2 atom stereocenters. The Balaban J connectivity index is 1.56. The van der Waals surface area contributed by atoms with Crippen LogP contribution in [0.25, 0.3) is 0 Å². The molecule has 0 radical (unpaired) electrons. The Hall–Kier alpha value is -3.54. The zero-order chi connectivity index (χ0) is 20.8. The summed E-state index contributed by atoms with van der Waals surface area (Å²) in [6.45, 7) is 0. The van der Waals surface area contributed by atoms with Gasteiger partial charge in [0.2, 0.25) is 0 Å². The van der Waals surface area contributed by atoms with E-state index in [1.54, 1.807) is 18.2 Å². The third-order valence-corrected chi connectivity index (χ3v) is 4.97. The van der Waals surface area contributed by atoms with E-state index in [4.69, 9.17) is 14.7 Å². The second-order valence-electron chi connectivity index (χ2n) is 6.74. The highest BCUT2D eigenvalue weighted by atomic mass is 19.4. The molecule has 1 unspecified atom stereocenters. The Morgan fingerprint density at radius 3 is 2.52 bits per heavy atom. The van der Waals surface area contributed by atoms with E-state index in [1.165, 1.54) is 6.07 Å². The largest absolute Gasteiger partial charge is 0.457 e. The lowest BCUT2D eigenvalue weighted by Crippen LogP contribution is -2.28. The van der Waals surface area contributed by atoms with E-state index < -0.39 is 35.4 Å². The first-order chi connectivity index (χ1) is 13.8. The number of halogens is 3. The fourth-order valence-corrected chi connectivity index (χ4v) is 3.70. The van der Waals surface area contributed by atoms with Crippen molar-refractivity contribution < 1.29 is 32.2 Å². The van der Waals surface area contributed by atoms with E-state index in [2.05, 4.69) is 5.32 Å². The quantitative estimate of drug-likeness (QED) is 0.837. The molecule has 1 saturated heterocycles. The summed E-state index contributed by atoms with van der Waals surface area (Å²) >= 11 is 0. The highest BCUT2D eigenvalue weighted by Crippen LogP contribution is 2.40. The fraction of sp³-hybridized carbons (Fsp3) is 0.250. The molecule has 0 bridgehead atoms. The molecule has 2 aliphatic rings. The van der Waals surface area contributed by atoms with E-state index in [0.717, 1.165) is 29.3 Å². The number of hydrogen-bond acceptors (Lipinski definition) is 5. The molecule has 2 aromatic carbocycles. The summed E-state index contributed by atoms with van der Waals surface area (Å²) in [7, 11) is 0. The molecular formula is C20H13F3N2O4. The minimum absolute atomic E-state index is 0.105. The van der Waals surface area contributed by atoms with Gasteiger partial charge >= 0.3 is 12.3 Å². The molecule has 1 heterocycles. The first-order valence-electron chi connectivity index (χ1n) is 8.70. The maximum Gasteiger partial charge on any atom is 0.417 e. The smallest absolute Gasteiger partial charge is 0.417 e. The molecule has 2 amide bonds. The molecule has 1 aliphatic heterocycles. The Morgan fingerprint density at radius 2 is 1.86 bits per heavy atom. The van der Waals surface area contributed by atoms with E-state index in [-0.39, 0.29) is 11.7 Å². The zero-order valence-corrected chi connectivity index (χ0v) is 14.7. The van der Waals surface area contributed by atoms with Crippen LogP contribution in [0.4, 0.5) is 18.0 Å². The van der Waals surface area contributed by atoms with Gasteiger partial charge in [0.05, 0.1) is 17.2 Å². The van der Waals surface area contributed by atoms with Gasteiger partial charge < -0.3 is 9.47 Å². The van der Waals surface area contributed by atoms with Gasteiger partial charge in [-0.05, 0) is 54.3 Å². The van der Waals surface area contributed by atoms with Crippen molar-refractivity contribution in [3.8, 4) is 17.6 Å². The molecule has 1 aliphatic carbocycles. The molecule has 4 rings (SSSR count). The van der Waals surface area contributed by atoms with Crippen LogP contribution in [0.5, 0.6) is 11.5 Å². The number of amides is 2. The molecule has 1 fully saturated rings. The van der Waals surface area contributed by atoms with Crippen LogP contribution in [0, 0.1) is 11.3 Å². The maximum absolute atomic E-state index is 12.9. The summed E-state index contributed by atoms with van der Waals surface area (Å²) in [4.78, 5) is 23.1. The number of nitrogens with zero attached hydrogens (tertiary/aromatic N) is 1. The number of carbonyl (C=O) groups is 2. The van der Waals surface area contributed by atoms with Gasteiger partial charge in [-0.1, -0.05) is 6.07 Å².